The topological polar surface area (TPSA) is 179 Å². The number of aromatic amines is 1. The SMILES string of the molecule is CC(N)C(=O)NC(Cc1cnc[nH]1)C(=O)NC(Cc1ccccc1)C(=O)NC(C)C(=O)O. The van der Waals surface area contributed by atoms with Crippen molar-refractivity contribution in [1.29, 1.82) is 0 Å². The van der Waals surface area contributed by atoms with Crippen molar-refractivity contribution in [2.24, 2.45) is 5.73 Å². The summed E-state index contributed by atoms with van der Waals surface area (Å²) in [5.74, 6) is -3.01. The van der Waals surface area contributed by atoms with Gasteiger partial charge in [-0.25, -0.2) is 4.98 Å². The van der Waals surface area contributed by atoms with Gasteiger partial charge in [0.2, 0.25) is 17.7 Å². The molecule has 1 heterocycles. The van der Waals surface area contributed by atoms with Gasteiger partial charge in [-0.2, -0.15) is 0 Å². The molecule has 0 saturated carbocycles. The van der Waals surface area contributed by atoms with Gasteiger partial charge >= 0.3 is 5.97 Å². The van der Waals surface area contributed by atoms with Crippen molar-refractivity contribution < 1.29 is 24.3 Å². The summed E-state index contributed by atoms with van der Waals surface area (Å²) in [5, 5.41) is 16.7. The number of carbonyl (C=O) groups is 4. The van der Waals surface area contributed by atoms with Crippen molar-refractivity contribution in [3.63, 3.8) is 0 Å². The molecule has 2 rings (SSSR count). The van der Waals surface area contributed by atoms with E-state index in [9.17, 15) is 19.2 Å². The molecule has 4 unspecified atom stereocenters. The highest BCUT2D eigenvalue weighted by Crippen LogP contribution is 2.06. The summed E-state index contributed by atoms with van der Waals surface area (Å²) in [7, 11) is 0. The van der Waals surface area contributed by atoms with E-state index in [2.05, 4.69) is 25.9 Å². The fourth-order valence-corrected chi connectivity index (χ4v) is 2.84. The van der Waals surface area contributed by atoms with Gasteiger partial charge < -0.3 is 31.8 Å². The minimum atomic E-state index is -1.20. The molecule has 0 saturated heterocycles. The molecule has 0 aliphatic heterocycles. The zero-order chi connectivity index (χ0) is 23.7. The van der Waals surface area contributed by atoms with Crippen LogP contribution in [0, 0.1) is 0 Å². The molecule has 1 aromatic carbocycles. The summed E-state index contributed by atoms with van der Waals surface area (Å²) in [6.45, 7) is 2.81. The third-order valence-electron chi connectivity index (χ3n) is 4.67. The molecule has 0 radical (unpaired) electrons. The van der Waals surface area contributed by atoms with Gasteiger partial charge in [-0.05, 0) is 19.4 Å². The summed E-state index contributed by atoms with van der Waals surface area (Å²) in [5.41, 5.74) is 6.97. The molecular weight excluding hydrogens is 416 g/mol. The fraction of sp³-hybridized carbons (Fsp3) is 0.381. The Kier molecular flexibility index (Phi) is 8.90. The van der Waals surface area contributed by atoms with Crippen LogP contribution in [0.25, 0.3) is 0 Å². The molecule has 1 aromatic heterocycles. The van der Waals surface area contributed by atoms with E-state index in [1.165, 1.54) is 26.4 Å². The molecule has 0 aliphatic rings. The molecule has 0 aliphatic carbocycles. The highest BCUT2D eigenvalue weighted by molar-refractivity contribution is 5.94. The quantitative estimate of drug-likeness (QED) is 0.260. The predicted octanol–water partition coefficient (Wildman–Crippen LogP) is -0.899. The summed E-state index contributed by atoms with van der Waals surface area (Å²) in [6, 6.07) is 4.88. The third kappa shape index (κ3) is 7.51. The molecule has 32 heavy (non-hydrogen) atoms. The largest absolute Gasteiger partial charge is 0.480 e. The Bertz CT molecular complexity index is 916. The van der Waals surface area contributed by atoms with Crippen LogP contribution in [0.2, 0.25) is 0 Å². The van der Waals surface area contributed by atoms with Gasteiger partial charge in [0.05, 0.1) is 12.4 Å². The first-order valence-corrected chi connectivity index (χ1v) is 10.1. The van der Waals surface area contributed by atoms with Crippen molar-refractivity contribution in [2.75, 3.05) is 0 Å². The number of nitrogens with one attached hydrogen (secondary N) is 4. The number of nitrogens with zero attached hydrogens (tertiary/aromatic N) is 1. The van der Waals surface area contributed by atoms with E-state index in [-0.39, 0.29) is 12.8 Å². The number of hydrogen-bond acceptors (Lipinski definition) is 6. The van der Waals surface area contributed by atoms with Crippen LogP contribution < -0.4 is 21.7 Å². The highest BCUT2D eigenvalue weighted by atomic mass is 16.4. The number of H-pyrrole nitrogens is 1. The Hall–Kier alpha value is -3.73. The maximum absolute atomic E-state index is 13.1. The monoisotopic (exact) mass is 444 g/mol. The van der Waals surface area contributed by atoms with Crippen LogP contribution in [0.1, 0.15) is 25.1 Å². The van der Waals surface area contributed by atoms with Crippen LogP contribution in [0.4, 0.5) is 0 Å². The van der Waals surface area contributed by atoms with E-state index in [0.29, 0.717) is 5.69 Å². The van der Waals surface area contributed by atoms with Gasteiger partial charge in [0.15, 0.2) is 0 Å². The first-order valence-electron chi connectivity index (χ1n) is 10.1. The zero-order valence-corrected chi connectivity index (χ0v) is 17.9. The van der Waals surface area contributed by atoms with Crippen LogP contribution in [-0.2, 0) is 32.0 Å². The van der Waals surface area contributed by atoms with Gasteiger partial charge in [-0.3, -0.25) is 19.2 Å². The molecule has 172 valence electrons. The molecule has 0 spiro atoms. The lowest BCUT2D eigenvalue weighted by Crippen LogP contribution is -2.57. The maximum Gasteiger partial charge on any atom is 0.325 e. The van der Waals surface area contributed by atoms with Crippen LogP contribution in [-0.4, -0.2) is 62.9 Å². The molecular formula is C21H28N6O5. The molecule has 11 nitrogen and oxygen atoms in total. The van der Waals surface area contributed by atoms with Gasteiger partial charge in [-0.15, -0.1) is 0 Å². The fourth-order valence-electron chi connectivity index (χ4n) is 2.84. The van der Waals surface area contributed by atoms with E-state index in [1.54, 1.807) is 24.3 Å². The van der Waals surface area contributed by atoms with Crippen LogP contribution in [0.15, 0.2) is 42.9 Å². The number of benzene rings is 1. The first kappa shape index (κ1) is 24.5. The normalized spacial score (nSPS) is 14.5. The second kappa shape index (κ2) is 11.6. The van der Waals surface area contributed by atoms with E-state index in [1.807, 2.05) is 6.07 Å². The number of aromatic nitrogens is 2. The molecule has 3 amide bonds. The minimum Gasteiger partial charge on any atom is -0.480 e. The first-order chi connectivity index (χ1) is 15.2. The number of carbonyl (C=O) groups excluding carboxylic acids is 3. The Morgan fingerprint density at radius 1 is 0.969 bits per heavy atom. The third-order valence-corrected chi connectivity index (χ3v) is 4.67. The van der Waals surface area contributed by atoms with Crippen LogP contribution in [0.3, 0.4) is 0 Å². The average molecular weight is 444 g/mol. The minimum absolute atomic E-state index is 0.0928. The second-order valence-corrected chi connectivity index (χ2v) is 7.45. The summed E-state index contributed by atoms with van der Waals surface area (Å²) < 4.78 is 0. The van der Waals surface area contributed by atoms with Crippen molar-refractivity contribution in [1.82, 2.24) is 25.9 Å². The second-order valence-electron chi connectivity index (χ2n) is 7.45. The average Bonchev–Trinajstić information content (AvgIpc) is 3.26. The summed E-state index contributed by atoms with van der Waals surface area (Å²) in [4.78, 5) is 55.8. The Labute approximate surface area is 185 Å². The van der Waals surface area contributed by atoms with Crippen molar-refractivity contribution >= 4 is 23.7 Å². The van der Waals surface area contributed by atoms with Gasteiger partial charge in [-0.1, -0.05) is 30.3 Å². The van der Waals surface area contributed by atoms with Gasteiger partial charge in [0.1, 0.15) is 18.1 Å². The van der Waals surface area contributed by atoms with E-state index in [4.69, 9.17) is 10.8 Å². The molecule has 0 bridgehead atoms. The number of imidazole rings is 1. The highest BCUT2D eigenvalue weighted by Gasteiger charge is 2.29. The molecule has 7 N–H and O–H groups in total. The van der Waals surface area contributed by atoms with Gasteiger partial charge in [0.25, 0.3) is 0 Å². The molecule has 11 heteroatoms. The Balaban J connectivity index is 2.21. The maximum atomic E-state index is 13.1. The lowest BCUT2D eigenvalue weighted by atomic mass is 10.0. The number of carboxylic acids is 1. The number of nitrogens with two attached hydrogens (primary N) is 1. The lowest BCUT2D eigenvalue weighted by molar-refractivity contribution is -0.141. The summed E-state index contributed by atoms with van der Waals surface area (Å²) >= 11 is 0. The molecule has 4 atom stereocenters. The van der Waals surface area contributed by atoms with Crippen molar-refractivity contribution in [3.05, 3.63) is 54.1 Å². The van der Waals surface area contributed by atoms with Crippen molar-refractivity contribution in [2.45, 2.75) is 50.9 Å². The predicted molar refractivity (Wildman–Crippen MR) is 115 cm³/mol. The molecule has 2 aromatic rings. The Morgan fingerprint density at radius 2 is 1.56 bits per heavy atom. The van der Waals surface area contributed by atoms with E-state index >= 15 is 0 Å². The standard InChI is InChI=1S/C21H28N6O5/c1-12(22)18(28)26-17(9-15-10-23-11-24-15)20(30)27-16(8-14-6-4-3-5-7-14)19(29)25-13(2)21(31)32/h3-7,10-13,16-17H,8-9,22H2,1-2H3,(H,23,24)(H,25,29)(H,26,28)(H,27,30)(H,31,32). The smallest absolute Gasteiger partial charge is 0.325 e. The number of rotatable bonds is 11. The van der Waals surface area contributed by atoms with Gasteiger partial charge in [0, 0.05) is 24.7 Å². The number of carboxylic acid groups (broad SMARTS) is 1. The zero-order valence-electron chi connectivity index (χ0n) is 17.9. The number of amides is 3. The number of hydrogen-bond donors (Lipinski definition) is 6. The van der Waals surface area contributed by atoms with Crippen LogP contribution >= 0.6 is 0 Å². The van der Waals surface area contributed by atoms with E-state index < -0.39 is 47.9 Å². The molecule has 0 fully saturated rings. The van der Waals surface area contributed by atoms with E-state index in [0.717, 1.165) is 5.56 Å². The summed E-state index contributed by atoms with van der Waals surface area (Å²) in [6.07, 6.45) is 3.18. The number of aliphatic carboxylic acids is 1. The van der Waals surface area contributed by atoms with Crippen molar-refractivity contribution in [3.8, 4) is 0 Å². The van der Waals surface area contributed by atoms with Crippen LogP contribution in [0.5, 0.6) is 0 Å². The lowest BCUT2D eigenvalue weighted by Gasteiger charge is -2.24. The Morgan fingerprint density at radius 3 is 2.12 bits per heavy atom.